The van der Waals surface area contributed by atoms with E-state index in [1.165, 1.54) is 22.3 Å². The molecular formula is C15H23N. The molecule has 0 saturated carbocycles. The minimum absolute atomic E-state index is 0.990. The molecule has 0 unspecified atom stereocenters. The van der Waals surface area contributed by atoms with Gasteiger partial charge >= 0.3 is 0 Å². The average Bonchev–Trinajstić information content (AvgIpc) is 2.21. The van der Waals surface area contributed by atoms with Gasteiger partial charge in [-0.3, -0.25) is 4.90 Å². The quantitative estimate of drug-likeness (QED) is 0.680. The van der Waals surface area contributed by atoms with Crippen molar-refractivity contribution in [1.29, 1.82) is 0 Å². The minimum Gasteiger partial charge on any atom is -0.295 e. The molecule has 1 aromatic carbocycles. The number of likely N-dealkylation sites (N-methyl/N-ethyl adjacent to an activating group) is 1. The number of benzene rings is 1. The summed E-state index contributed by atoms with van der Waals surface area (Å²) < 4.78 is 0. The second-order valence-corrected chi connectivity index (χ2v) is 4.69. The van der Waals surface area contributed by atoms with Gasteiger partial charge in [-0.1, -0.05) is 42.8 Å². The summed E-state index contributed by atoms with van der Waals surface area (Å²) in [5.41, 5.74) is 5.38. The molecule has 0 amide bonds. The Morgan fingerprint density at radius 3 is 2.56 bits per heavy atom. The highest BCUT2D eigenvalue weighted by Crippen LogP contribution is 2.13. The Kier molecular flexibility index (Phi) is 4.75. The van der Waals surface area contributed by atoms with E-state index >= 15 is 0 Å². The molecule has 0 bridgehead atoms. The largest absolute Gasteiger partial charge is 0.295 e. The van der Waals surface area contributed by atoms with Gasteiger partial charge in [-0.15, -0.1) is 0 Å². The van der Waals surface area contributed by atoms with Crippen LogP contribution in [-0.4, -0.2) is 18.0 Å². The molecule has 1 heteroatoms. The van der Waals surface area contributed by atoms with E-state index in [0.29, 0.717) is 0 Å². The van der Waals surface area contributed by atoms with Gasteiger partial charge in [0.05, 0.1) is 0 Å². The molecule has 0 aliphatic heterocycles. The summed E-state index contributed by atoms with van der Waals surface area (Å²) in [6.45, 7) is 15.7. The summed E-state index contributed by atoms with van der Waals surface area (Å²) in [4.78, 5) is 2.42. The maximum Gasteiger partial charge on any atom is 0.0239 e. The van der Waals surface area contributed by atoms with Crippen LogP contribution in [0.25, 0.3) is 0 Å². The van der Waals surface area contributed by atoms with Crippen molar-refractivity contribution in [3.8, 4) is 0 Å². The molecule has 0 fully saturated rings. The van der Waals surface area contributed by atoms with Crippen molar-refractivity contribution in [1.82, 2.24) is 4.90 Å². The zero-order valence-corrected chi connectivity index (χ0v) is 11.0. The Morgan fingerprint density at radius 1 is 1.31 bits per heavy atom. The average molecular weight is 217 g/mol. The second kappa shape index (κ2) is 5.86. The molecule has 0 aliphatic carbocycles. The van der Waals surface area contributed by atoms with E-state index in [4.69, 9.17) is 0 Å². The monoisotopic (exact) mass is 217 g/mol. The third-order valence-electron chi connectivity index (χ3n) is 2.84. The van der Waals surface area contributed by atoms with Crippen LogP contribution in [-0.2, 0) is 6.54 Å². The SMILES string of the molecule is C=C(C)CN(CC)Cc1cc(C)ccc1C. The van der Waals surface area contributed by atoms with Gasteiger partial charge in [0.1, 0.15) is 0 Å². The van der Waals surface area contributed by atoms with E-state index in [1.54, 1.807) is 0 Å². The highest BCUT2D eigenvalue weighted by Gasteiger charge is 2.06. The fraction of sp³-hybridized carbons (Fsp3) is 0.467. The molecule has 0 N–H and O–H groups in total. The first-order chi connectivity index (χ1) is 7.52. The highest BCUT2D eigenvalue weighted by molar-refractivity contribution is 5.30. The van der Waals surface area contributed by atoms with Crippen LogP contribution in [0.15, 0.2) is 30.4 Å². The molecule has 0 atom stereocenters. The lowest BCUT2D eigenvalue weighted by molar-refractivity contribution is 0.304. The van der Waals surface area contributed by atoms with Crippen LogP contribution in [0.4, 0.5) is 0 Å². The van der Waals surface area contributed by atoms with E-state index in [2.05, 4.69) is 57.4 Å². The molecule has 0 saturated heterocycles. The molecule has 1 nitrogen and oxygen atoms in total. The Hall–Kier alpha value is -1.08. The zero-order valence-electron chi connectivity index (χ0n) is 11.0. The lowest BCUT2D eigenvalue weighted by atomic mass is 10.1. The van der Waals surface area contributed by atoms with Gasteiger partial charge in [0.15, 0.2) is 0 Å². The number of nitrogens with zero attached hydrogens (tertiary/aromatic N) is 1. The van der Waals surface area contributed by atoms with Crippen molar-refractivity contribution in [2.45, 2.75) is 34.2 Å². The smallest absolute Gasteiger partial charge is 0.0239 e. The van der Waals surface area contributed by atoms with Gasteiger partial charge in [-0.25, -0.2) is 0 Å². The molecule has 0 aromatic heterocycles. The summed E-state index contributed by atoms with van der Waals surface area (Å²) in [6.07, 6.45) is 0. The molecule has 88 valence electrons. The normalized spacial score (nSPS) is 10.8. The third kappa shape index (κ3) is 3.82. The summed E-state index contributed by atoms with van der Waals surface area (Å²) >= 11 is 0. The first-order valence-electron chi connectivity index (χ1n) is 5.95. The summed E-state index contributed by atoms with van der Waals surface area (Å²) in [6, 6.07) is 6.67. The first-order valence-corrected chi connectivity index (χ1v) is 5.95. The fourth-order valence-corrected chi connectivity index (χ4v) is 1.87. The molecule has 16 heavy (non-hydrogen) atoms. The lowest BCUT2D eigenvalue weighted by Crippen LogP contribution is -2.24. The molecule has 1 rings (SSSR count). The van der Waals surface area contributed by atoms with Gasteiger partial charge in [-0.2, -0.15) is 0 Å². The fourth-order valence-electron chi connectivity index (χ4n) is 1.87. The van der Waals surface area contributed by atoms with Crippen LogP contribution in [0.2, 0.25) is 0 Å². The van der Waals surface area contributed by atoms with Crippen molar-refractivity contribution in [3.63, 3.8) is 0 Å². The number of hydrogen-bond acceptors (Lipinski definition) is 1. The Morgan fingerprint density at radius 2 is 2.00 bits per heavy atom. The van der Waals surface area contributed by atoms with Gasteiger partial charge in [0.2, 0.25) is 0 Å². The van der Waals surface area contributed by atoms with Crippen molar-refractivity contribution in [2.24, 2.45) is 0 Å². The van der Waals surface area contributed by atoms with Crippen molar-refractivity contribution < 1.29 is 0 Å². The van der Waals surface area contributed by atoms with Gasteiger partial charge < -0.3 is 0 Å². The van der Waals surface area contributed by atoms with Crippen molar-refractivity contribution in [3.05, 3.63) is 47.0 Å². The van der Waals surface area contributed by atoms with Crippen LogP contribution in [0.3, 0.4) is 0 Å². The van der Waals surface area contributed by atoms with E-state index < -0.39 is 0 Å². The molecule has 0 heterocycles. The van der Waals surface area contributed by atoms with Crippen LogP contribution >= 0.6 is 0 Å². The first kappa shape index (κ1) is 13.0. The van der Waals surface area contributed by atoms with E-state index in [1.807, 2.05) is 0 Å². The molecular weight excluding hydrogens is 194 g/mol. The number of aryl methyl sites for hydroxylation is 2. The van der Waals surface area contributed by atoms with Crippen molar-refractivity contribution in [2.75, 3.05) is 13.1 Å². The van der Waals surface area contributed by atoms with Gasteiger partial charge in [0.25, 0.3) is 0 Å². The molecule has 0 radical (unpaired) electrons. The highest BCUT2D eigenvalue weighted by atomic mass is 15.1. The lowest BCUT2D eigenvalue weighted by Gasteiger charge is -2.21. The van der Waals surface area contributed by atoms with Crippen molar-refractivity contribution >= 4 is 0 Å². The predicted molar refractivity (Wildman–Crippen MR) is 71.7 cm³/mol. The van der Waals surface area contributed by atoms with Gasteiger partial charge in [0, 0.05) is 13.1 Å². The van der Waals surface area contributed by atoms with Crippen LogP contribution in [0.1, 0.15) is 30.5 Å². The minimum atomic E-state index is 0.990. The van der Waals surface area contributed by atoms with Crippen LogP contribution in [0.5, 0.6) is 0 Å². The maximum absolute atomic E-state index is 3.98. The Labute approximate surface area is 99.8 Å². The zero-order chi connectivity index (χ0) is 12.1. The number of rotatable bonds is 5. The summed E-state index contributed by atoms with van der Waals surface area (Å²) in [7, 11) is 0. The maximum atomic E-state index is 3.98. The van der Waals surface area contributed by atoms with E-state index in [9.17, 15) is 0 Å². The van der Waals surface area contributed by atoms with Crippen LogP contribution < -0.4 is 0 Å². The molecule has 0 aliphatic rings. The number of hydrogen-bond donors (Lipinski definition) is 0. The molecule has 1 aromatic rings. The van der Waals surface area contributed by atoms with E-state index in [0.717, 1.165) is 19.6 Å². The molecule has 0 spiro atoms. The summed E-state index contributed by atoms with van der Waals surface area (Å²) in [5.74, 6) is 0. The second-order valence-electron chi connectivity index (χ2n) is 4.69. The van der Waals surface area contributed by atoms with E-state index in [-0.39, 0.29) is 0 Å². The summed E-state index contributed by atoms with van der Waals surface area (Å²) in [5, 5.41) is 0. The Balaban J connectivity index is 2.77. The topological polar surface area (TPSA) is 3.24 Å². The predicted octanol–water partition coefficient (Wildman–Crippen LogP) is 3.70. The Bertz CT molecular complexity index is 366. The standard InChI is InChI=1S/C15H23N/c1-6-16(10-12(2)3)11-15-9-13(4)7-8-14(15)5/h7-9H,2,6,10-11H2,1,3-5H3. The third-order valence-corrected chi connectivity index (χ3v) is 2.84. The van der Waals surface area contributed by atoms with Crippen LogP contribution in [0, 0.1) is 13.8 Å². The van der Waals surface area contributed by atoms with Gasteiger partial charge in [-0.05, 0) is 38.4 Å².